The lowest BCUT2D eigenvalue weighted by Crippen LogP contribution is -2.29. The average Bonchev–Trinajstić information content (AvgIpc) is 3.39. The summed E-state index contributed by atoms with van der Waals surface area (Å²) >= 11 is 3.49. The van der Waals surface area contributed by atoms with Gasteiger partial charge in [0.15, 0.2) is 0 Å². The van der Waals surface area contributed by atoms with Crippen molar-refractivity contribution in [1.29, 1.82) is 0 Å². The normalized spacial score (nSPS) is 20.7. The highest BCUT2D eigenvalue weighted by molar-refractivity contribution is 7.08. The van der Waals surface area contributed by atoms with E-state index in [4.69, 9.17) is 4.74 Å². The molecule has 0 N–H and O–H groups in total. The topological polar surface area (TPSA) is 12.5 Å². The third-order valence-electron chi connectivity index (χ3n) is 4.76. The molecule has 1 fully saturated rings. The molecule has 1 aliphatic rings. The number of benzene rings is 1. The highest BCUT2D eigenvalue weighted by Gasteiger charge is 2.32. The molecular formula is C21H21NOS2. The molecule has 2 nitrogen and oxygen atoms in total. The summed E-state index contributed by atoms with van der Waals surface area (Å²) in [6.45, 7) is 3.83. The number of hydrogen-bond acceptors (Lipinski definition) is 4. The van der Waals surface area contributed by atoms with Crippen LogP contribution in [-0.4, -0.2) is 24.2 Å². The smallest absolute Gasteiger partial charge is 0.100 e. The summed E-state index contributed by atoms with van der Waals surface area (Å²) in [5.41, 5.74) is 5.18. The van der Waals surface area contributed by atoms with Crippen molar-refractivity contribution in [3.8, 4) is 0 Å². The van der Waals surface area contributed by atoms with Crippen molar-refractivity contribution in [2.75, 3.05) is 13.3 Å². The molecule has 1 aromatic carbocycles. The van der Waals surface area contributed by atoms with Crippen LogP contribution >= 0.6 is 22.7 Å². The van der Waals surface area contributed by atoms with Gasteiger partial charge in [-0.3, -0.25) is 4.90 Å². The molecule has 128 valence electrons. The Bertz CT molecular complexity index is 773. The van der Waals surface area contributed by atoms with Crippen LogP contribution in [0.3, 0.4) is 0 Å². The van der Waals surface area contributed by atoms with Crippen molar-refractivity contribution in [1.82, 2.24) is 4.90 Å². The molecule has 4 rings (SSSR count). The fraction of sp³-hybridized carbons (Fsp3) is 0.238. The maximum atomic E-state index is 6.08. The quantitative estimate of drug-likeness (QED) is 0.577. The predicted octanol–water partition coefficient (Wildman–Crippen LogP) is 5.66. The second kappa shape index (κ2) is 7.67. The van der Waals surface area contributed by atoms with E-state index in [1.54, 1.807) is 22.7 Å². The van der Waals surface area contributed by atoms with E-state index in [-0.39, 0.29) is 6.10 Å². The van der Waals surface area contributed by atoms with Gasteiger partial charge in [-0.1, -0.05) is 36.4 Å². The first-order chi connectivity index (χ1) is 12.3. The minimum Gasteiger partial charge on any atom is -0.357 e. The van der Waals surface area contributed by atoms with E-state index < -0.39 is 0 Å². The fourth-order valence-electron chi connectivity index (χ4n) is 3.31. The number of ether oxygens (including phenoxy) is 1. The van der Waals surface area contributed by atoms with Crippen LogP contribution in [0.1, 0.15) is 29.7 Å². The Balaban J connectivity index is 1.52. The molecule has 1 saturated heterocycles. The van der Waals surface area contributed by atoms with Crippen molar-refractivity contribution in [3.05, 3.63) is 86.8 Å². The van der Waals surface area contributed by atoms with Gasteiger partial charge >= 0.3 is 0 Å². The van der Waals surface area contributed by atoms with Crippen molar-refractivity contribution >= 4 is 28.2 Å². The Morgan fingerprint density at radius 2 is 1.76 bits per heavy atom. The Kier molecular flexibility index (Phi) is 5.13. The van der Waals surface area contributed by atoms with E-state index >= 15 is 0 Å². The summed E-state index contributed by atoms with van der Waals surface area (Å²) in [5.74, 6) is 0. The van der Waals surface area contributed by atoms with Crippen LogP contribution in [0.2, 0.25) is 0 Å². The molecule has 3 aromatic rings. The first-order valence-corrected chi connectivity index (χ1v) is 10.4. The molecule has 25 heavy (non-hydrogen) atoms. The summed E-state index contributed by atoms with van der Waals surface area (Å²) in [4.78, 5) is 2.40. The third-order valence-corrected chi connectivity index (χ3v) is 6.12. The minimum atomic E-state index is 0.153. The SMILES string of the molecule is C[C@@H]1[C@H](c2ccccc2)OCN1CC=C(c1ccsc1)c1ccsc1. The molecule has 2 atom stereocenters. The van der Waals surface area contributed by atoms with Crippen molar-refractivity contribution in [2.45, 2.75) is 19.1 Å². The molecule has 0 aliphatic carbocycles. The summed E-state index contributed by atoms with van der Waals surface area (Å²) in [7, 11) is 0. The van der Waals surface area contributed by atoms with Crippen LogP contribution in [0.5, 0.6) is 0 Å². The molecule has 0 bridgehead atoms. The number of thiophene rings is 2. The first kappa shape index (κ1) is 16.7. The summed E-state index contributed by atoms with van der Waals surface area (Å²) in [6.07, 6.45) is 2.50. The molecule has 0 unspecified atom stereocenters. The Morgan fingerprint density at radius 1 is 1.08 bits per heavy atom. The number of rotatable bonds is 5. The van der Waals surface area contributed by atoms with Gasteiger partial charge in [0.25, 0.3) is 0 Å². The van der Waals surface area contributed by atoms with Gasteiger partial charge < -0.3 is 4.74 Å². The lowest BCUT2D eigenvalue weighted by molar-refractivity contribution is 0.0911. The molecule has 0 saturated carbocycles. The minimum absolute atomic E-state index is 0.153. The van der Waals surface area contributed by atoms with Crippen LogP contribution in [0, 0.1) is 0 Å². The van der Waals surface area contributed by atoms with Gasteiger partial charge in [-0.25, -0.2) is 0 Å². The molecule has 3 heterocycles. The van der Waals surface area contributed by atoms with Crippen LogP contribution in [0.25, 0.3) is 5.57 Å². The highest BCUT2D eigenvalue weighted by Crippen LogP contribution is 2.32. The first-order valence-electron chi connectivity index (χ1n) is 8.49. The van der Waals surface area contributed by atoms with E-state index in [0.717, 1.165) is 6.54 Å². The van der Waals surface area contributed by atoms with E-state index in [2.05, 4.69) is 81.9 Å². The lowest BCUT2D eigenvalue weighted by Gasteiger charge is -2.21. The summed E-state index contributed by atoms with van der Waals surface area (Å²) in [5, 5.41) is 8.73. The van der Waals surface area contributed by atoms with E-state index in [9.17, 15) is 0 Å². The Labute approximate surface area is 157 Å². The second-order valence-corrected chi connectivity index (χ2v) is 7.84. The van der Waals surface area contributed by atoms with E-state index in [0.29, 0.717) is 12.8 Å². The van der Waals surface area contributed by atoms with Gasteiger partial charge in [0, 0.05) is 12.6 Å². The fourth-order valence-corrected chi connectivity index (χ4v) is 4.62. The zero-order chi connectivity index (χ0) is 17.1. The lowest BCUT2D eigenvalue weighted by atomic mass is 10.0. The largest absolute Gasteiger partial charge is 0.357 e. The Hall–Kier alpha value is -1.72. The molecule has 1 aliphatic heterocycles. The zero-order valence-corrected chi connectivity index (χ0v) is 15.8. The molecule has 0 spiro atoms. The molecule has 0 amide bonds. The van der Waals surface area contributed by atoms with E-state index in [1.807, 2.05) is 0 Å². The molecule has 2 aromatic heterocycles. The van der Waals surface area contributed by atoms with Gasteiger partial charge in [0.2, 0.25) is 0 Å². The maximum Gasteiger partial charge on any atom is 0.100 e. The van der Waals surface area contributed by atoms with E-state index in [1.165, 1.54) is 22.3 Å². The van der Waals surface area contributed by atoms with Crippen LogP contribution in [0.15, 0.2) is 70.1 Å². The molecule has 0 radical (unpaired) electrons. The standard InChI is InChI=1S/C21H21NOS2/c1-16-21(17-5-3-2-4-6-17)23-15-22(16)10-7-20(18-8-11-24-13-18)19-9-12-25-14-19/h2-9,11-14,16,21H,10,15H2,1H3/t16-,21-/m1/s1. The van der Waals surface area contributed by atoms with Crippen molar-refractivity contribution < 1.29 is 4.74 Å². The van der Waals surface area contributed by atoms with Crippen LogP contribution in [0.4, 0.5) is 0 Å². The van der Waals surface area contributed by atoms with Crippen molar-refractivity contribution in [3.63, 3.8) is 0 Å². The molecular weight excluding hydrogens is 346 g/mol. The Morgan fingerprint density at radius 3 is 2.36 bits per heavy atom. The predicted molar refractivity (Wildman–Crippen MR) is 107 cm³/mol. The highest BCUT2D eigenvalue weighted by atomic mass is 32.1. The summed E-state index contributed by atoms with van der Waals surface area (Å²) < 4.78 is 6.08. The molecule has 4 heteroatoms. The van der Waals surface area contributed by atoms with Gasteiger partial charge in [0.1, 0.15) is 6.73 Å². The monoisotopic (exact) mass is 367 g/mol. The van der Waals surface area contributed by atoms with Crippen LogP contribution in [-0.2, 0) is 4.74 Å². The van der Waals surface area contributed by atoms with Crippen molar-refractivity contribution in [2.24, 2.45) is 0 Å². The second-order valence-electron chi connectivity index (χ2n) is 6.28. The number of nitrogens with zero attached hydrogens (tertiary/aromatic N) is 1. The van der Waals surface area contributed by atoms with Gasteiger partial charge in [-0.2, -0.15) is 22.7 Å². The summed E-state index contributed by atoms with van der Waals surface area (Å²) in [6, 6.07) is 15.3. The number of hydrogen-bond donors (Lipinski definition) is 0. The van der Waals surface area contributed by atoms with Crippen LogP contribution < -0.4 is 0 Å². The maximum absolute atomic E-state index is 6.08. The third kappa shape index (κ3) is 3.62. The van der Waals surface area contributed by atoms with Gasteiger partial charge in [-0.05, 0) is 62.8 Å². The van der Waals surface area contributed by atoms with Gasteiger partial charge in [0.05, 0.1) is 6.10 Å². The average molecular weight is 368 g/mol. The van der Waals surface area contributed by atoms with Gasteiger partial charge in [-0.15, -0.1) is 0 Å². The zero-order valence-electron chi connectivity index (χ0n) is 14.2.